The molecular formula is C14H20Cl2N2O2. The lowest BCUT2D eigenvalue weighted by Crippen LogP contribution is -2.43. The minimum Gasteiger partial charge on any atom is -0.483 e. The third-order valence-corrected chi connectivity index (χ3v) is 3.78. The highest BCUT2D eigenvalue weighted by Crippen LogP contribution is 2.32. The lowest BCUT2D eigenvalue weighted by atomic mass is 10.2. The molecule has 1 saturated carbocycles. The molecule has 0 heterocycles. The third kappa shape index (κ3) is 4.54. The molecule has 0 radical (unpaired) electrons. The highest BCUT2D eigenvalue weighted by Gasteiger charge is 2.31. The SMILES string of the molecule is Cc1c(Cl)cccc1OCC(=O)NC(CN)C1CC1.Cl. The zero-order chi connectivity index (χ0) is 13.8. The van der Waals surface area contributed by atoms with Crippen LogP contribution in [0.25, 0.3) is 0 Å². The Morgan fingerprint density at radius 1 is 1.55 bits per heavy atom. The van der Waals surface area contributed by atoms with E-state index in [9.17, 15) is 4.79 Å². The van der Waals surface area contributed by atoms with Crippen LogP contribution in [0, 0.1) is 12.8 Å². The van der Waals surface area contributed by atoms with Crippen LogP contribution in [-0.2, 0) is 4.79 Å². The molecule has 0 spiro atoms. The average molecular weight is 319 g/mol. The second-order valence-corrected chi connectivity index (χ2v) is 5.31. The smallest absolute Gasteiger partial charge is 0.258 e. The van der Waals surface area contributed by atoms with Crippen molar-refractivity contribution in [3.63, 3.8) is 0 Å². The first-order chi connectivity index (χ1) is 9.11. The number of hydrogen-bond acceptors (Lipinski definition) is 3. The van der Waals surface area contributed by atoms with Crippen molar-refractivity contribution in [3.8, 4) is 5.75 Å². The molecule has 1 aliphatic rings. The molecule has 6 heteroatoms. The molecule has 1 fully saturated rings. The van der Waals surface area contributed by atoms with Gasteiger partial charge in [0.25, 0.3) is 5.91 Å². The van der Waals surface area contributed by atoms with Crippen LogP contribution in [0.2, 0.25) is 5.02 Å². The molecule has 0 saturated heterocycles. The summed E-state index contributed by atoms with van der Waals surface area (Å²) >= 11 is 5.99. The predicted octanol–water partition coefficient (Wildman–Crippen LogP) is 2.30. The van der Waals surface area contributed by atoms with Crippen molar-refractivity contribution in [1.82, 2.24) is 5.32 Å². The van der Waals surface area contributed by atoms with Crippen molar-refractivity contribution in [3.05, 3.63) is 28.8 Å². The Hall–Kier alpha value is -0.970. The highest BCUT2D eigenvalue weighted by molar-refractivity contribution is 6.31. The summed E-state index contributed by atoms with van der Waals surface area (Å²) < 4.78 is 5.49. The summed E-state index contributed by atoms with van der Waals surface area (Å²) in [5.41, 5.74) is 6.48. The minimum atomic E-state index is -0.137. The number of ether oxygens (including phenoxy) is 1. The summed E-state index contributed by atoms with van der Waals surface area (Å²) in [6, 6.07) is 5.48. The maximum Gasteiger partial charge on any atom is 0.258 e. The van der Waals surface area contributed by atoms with Crippen LogP contribution in [0.4, 0.5) is 0 Å². The van der Waals surface area contributed by atoms with Crippen LogP contribution in [0.3, 0.4) is 0 Å². The first-order valence-electron chi connectivity index (χ1n) is 6.49. The number of carbonyl (C=O) groups excluding carboxylic acids is 1. The van der Waals surface area contributed by atoms with E-state index >= 15 is 0 Å². The van der Waals surface area contributed by atoms with Gasteiger partial charge in [-0.05, 0) is 37.8 Å². The van der Waals surface area contributed by atoms with Gasteiger partial charge in [-0.2, -0.15) is 0 Å². The average Bonchev–Trinajstić information content (AvgIpc) is 3.22. The Bertz CT molecular complexity index is 464. The number of amides is 1. The van der Waals surface area contributed by atoms with Crippen molar-refractivity contribution in [1.29, 1.82) is 0 Å². The number of rotatable bonds is 6. The summed E-state index contributed by atoms with van der Waals surface area (Å²) in [7, 11) is 0. The van der Waals surface area contributed by atoms with Gasteiger partial charge in [-0.15, -0.1) is 12.4 Å². The van der Waals surface area contributed by atoms with Crippen molar-refractivity contribution < 1.29 is 9.53 Å². The molecule has 1 atom stereocenters. The molecule has 112 valence electrons. The zero-order valence-electron chi connectivity index (χ0n) is 11.4. The molecule has 1 aliphatic carbocycles. The van der Waals surface area contributed by atoms with Gasteiger partial charge in [-0.25, -0.2) is 0 Å². The Morgan fingerprint density at radius 2 is 2.25 bits per heavy atom. The number of carbonyl (C=O) groups is 1. The summed E-state index contributed by atoms with van der Waals surface area (Å²) in [4.78, 5) is 11.8. The monoisotopic (exact) mass is 318 g/mol. The van der Waals surface area contributed by atoms with Gasteiger partial charge >= 0.3 is 0 Å². The molecular weight excluding hydrogens is 299 g/mol. The van der Waals surface area contributed by atoms with Crippen LogP contribution in [0.15, 0.2) is 18.2 Å². The fourth-order valence-electron chi connectivity index (χ4n) is 2.00. The summed E-state index contributed by atoms with van der Waals surface area (Å²) in [5, 5.41) is 3.55. The van der Waals surface area contributed by atoms with Crippen molar-refractivity contribution in [2.24, 2.45) is 11.7 Å². The molecule has 4 nitrogen and oxygen atoms in total. The molecule has 1 aromatic carbocycles. The van der Waals surface area contributed by atoms with Gasteiger partial charge < -0.3 is 15.8 Å². The van der Waals surface area contributed by atoms with Gasteiger partial charge in [0, 0.05) is 23.2 Å². The van der Waals surface area contributed by atoms with E-state index in [-0.39, 0.29) is 31.0 Å². The number of halogens is 2. The first-order valence-corrected chi connectivity index (χ1v) is 6.87. The Labute approximate surface area is 130 Å². The normalized spacial score (nSPS) is 15.2. The first kappa shape index (κ1) is 17.1. The lowest BCUT2D eigenvalue weighted by molar-refractivity contribution is -0.123. The van der Waals surface area contributed by atoms with Crippen LogP contribution < -0.4 is 15.8 Å². The van der Waals surface area contributed by atoms with E-state index in [0.717, 1.165) is 18.4 Å². The Kier molecular flexibility index (Phi) is 6.59. The van der Waals surface area contributed by atoms with E-state index in [1.54, 1.807) is 18.2 Å². The fourth-order valence-corrected chi connectivity index (χ4v) is 2.17. The van der Waals surface area contributed by atoms with Crippen molar-refractivity contribution in [2.45, 2.75) is 25.8 Å². The number of benzene rings is 1. The quantitative estimate of drug-likeness (QED) is 0.846. The Morgan fingerprint density at radius 3 is 2.85 bits per heavy atom. The van der Waals surface area contributed by atoms with Crippen LogP contribution in [0.5, 0.6) is 5.75 Å². The molecule has 20 heavy (non-hydrogen) atoms. The summed E-state index contributed by atoms with van der Waals surface area (Å²) in [6.07, 6.45) is 2.30. The second-order valence-electron chi connectivity index (χ2n) is 4.90. The maximum absolute atomic E-state index is 11.8. The third-order valence-electron chi connectivity index (χ3n) is 3.37. The number of nitrogens with two attached hydrogens (primary N) is 1. The van der Waals surface area contributed by atoms with E-state index in [1.165, 1.54) is 0 Å². The van der Waals surface area contributed by atoms with E-state index < -0.39 is 0 Å². The van der Waals surface area contributed by atoms with E-state index in [2.05, 4.69) is 5.32 Å². The van der Waals surface area contributed by atoms with Gasteiger partial charge in [0.1, 0.15) is 5.75 Å². The van der Waals surface area contributed by atoms with E-state index in [1.807, 2.05) is 6.92 Å². The van der Waals surface area contributed by atoms with Crippen LogP contribution >= 0.6 is 24.0 Å². The van der Waals surface area contributed by atoms with Crippen molar-refractivity contribution in [2.75, 3.05) is 13.2 Å². The molecule has 0 bridgehead atoms. The largest absolute Gasteiger partial charge is 0.483 e. The summed E-state index contributed by atoms with van der Waals surface area (Å²) in [6.45, 7) is 2.33. The fraction of sp³-hybridized carbons (Fsp3) is 0.500. The van der Waals surface area contributed by atoms with Crippen LogP contribution in [0.1, 0.15) is 18.4 Å². The van der Waals surface area contributed by atoms with Crippen molar-refractivity contribution >= 4 is 29.9 Å². The van der Waals surface area contributed by atoms with E-state index in [4.69, 9.17) is 22.1 Å². The maximum atomic E-state index is 11.8. The second kappa shape index (κ2) is 7.72. The standard InChI is InChI=1S/C14H19ClN2O2.ClH/c1-9-11(15)3-2-4-13(9)19-8-14(18)17-12(7-16)10-5-6-10;/h2-4,10,12H,5-8,16H2,1H3,(H,17,18);1H. The minimum absolute atomic E-state index is 0. The molecule has 1 amide bonds. The lowest BCUT2D eigenvalue weighted by Gasteiger charge is -2.16. The molecule has 2 rings (SSSR count). The van der Waals surface area contributed by atoms with Gasteiger partial charge in [-0.3, -0.25) is 4.79 Å². The number of nitrogens with one attached hydrogen (secondary N) is 1. The topological polar surface area (TPSA) is 64.3 Å². The highest BCUT2D eigenvalue weighted by atomic mass is 35.5. The molecule has 1 aromatic rings. The van der Waals surface area contributed by atoms with Gasteiger partial charge in [0.05, 0.1) is 0 Å². The number of hydrogen-bond donors (Lipinski definition) is 2. The molecule has 0 aromatic heterocycles. The van der Waals surface area contributed by atoms with Gasteiger partial charge in [0.15, 0.2) is 6.61 Å². The van der Waals surface area contributed by atoms with Gasteiger partial charge in [-0.1, -0.05) is 17.7 Å². The van der Waals surface area contributed by atoms with Gasteiger partial charge in [0.2, 0.25) is 0 Å². The predicted molar refractivity (Wildman–Crippen MR) is 82.6 cm³/mol. The van der Waals surface area contributed by atoms with Crippen LogP contribution in [-0.4, -0.2) is 25.1 Å². The molecule has 0 aliphatic heterocycles. The summed E-state index contributed by atoms with van der Waals surface area (Å²) in [5.74, 6) is 1.04. The zero-order valence-corrected chi connectivity index (χ0v) is 13.0. The Balaban J connectivity index is 0.00000200. The van der Waals surface area contributed by atoms with E-state index in [0.29, 0.717) is 23.2 Å². The molecule has 3 N–H and O–H groups in total. The molecule has 1 unspecified atom stereocenters.